The lowest BCUT2D eigenvalue weighted by molar-refractivity contribution is 1.10. The Hall–Kier alpha value is -1.03. The molecule has 0 aromatic carbocycles. The van der Waals surface area contributed by atoms with Crippen LogP contribution in [0.25, 0.3) is 6.20 Å². The summed E-state index contributed by atoms with van der Waals surface area (Å²) in [6.45, 7) is 5.54. The smallest absolute Gasteiger partial charge is 0.233 e. The van der Waals surface area contributed by atoms with Gasteiger partial charge in [-0.3, -0.25) is 4.57 Å². The van der Waals surface area contributed by atoms with Gasteiger partial charge in [-0.1, -0.05) is 0 Å². The minimum atomic E-state index is 0.639. The summed E-state index contributed by atoms with van der Waals surface area (Å²) in [5.41, 5.74) is 1.29. The van der Waals surface area contributed by atoms with E-state index in [-0.39, 0.29) is 0 Å². The molecule has 1 rings (SSSR count). The van der Waals surface area contributed by atoms with Gasteiger partial charge in [-0.15, -0.1) is 0 Å². The van der Waals surface area contributed by atoms with E-state index in [0.29, 0.717) is 5.95 Å². The van der Waals surface area contributed by atoms with E-state index >= 15 is 0 Å². The number of aromatic nitrogens is 2. The SMILES string of the molecule is C=Nc1nccn1/C=C(\C)CSC. The first-order valence-corrected chi connectivity index (χ1v) is 5.33. The zero-order chi connectivity index (χ0) is 9.68. The predicted octanol–water partition coefficient (Wildman–Crippen LogP) is 2.44. The van der Waals surface area contributed by atoms with Gasteiger partial charge in [-0.25, -0.2) is 9.98 Å². The molecule has 70 valence electrons. The molecule has 0 spiro atoms. The van der Waals surface area contributed by atoms with Gasteiger partial charge in [-0.05, 0) is 25.5 Å². The van der Waals surface area contributed by atoms with Crippen LogP contribution < -0.4 is 0 Å². The summed E-state index contributed by atoms with van der Waals surface area (Å²) in [6.07, 6.45) is 7.69. The van der Waals surface area contributed by atoms with Gasteiger partial charge in [0.2, 0.25) is 5.95 Å². The highest BCUT2D eigenvalue weighted by Gasteiger charge is 1.96. The molecule has 0 N–H and O–H groups in total. The largest absolute Gasteiger partial charge is 0.291 e. The second kappa shape index (κ2) is 4.87. The fourth-order valence-electron chi connectivity index (χ4n) is 1.03. The van der Waals surface area contributed by atoms with Gasteiger partial charge in [0.15, 0.2) is 0 Å². The Bertz CT molecular complexity index is 314. The number of imidazole rings is 1. The average Bonchev–Trinajstić information content (AvgIpc) is 2.52. The van der Waals surface area contributed by atoms with Crippen LogP contribution in [0.1, 0.15) is 6.92 Å². The van der Waals surface area contributed by atoms with Crippen molar-refractivity contribution in [3.8, 4) is 0 Å². The third kappa shape index (κ3) is 2.73. The fraction of sp³-hybridized carbons (Fsp3) is 0.333. The lowest BCUT2D eigenvalue weighted by atomic mass is 10.4. The number of hydrogen-bond donors (Lipinski definition) is 0. The summed E-state index contributed by atoms with van der Waals surface area (Å²) < 4.78 is 1.87. The Morgan fingerprint density at radius 2 is 2.62 bits per heavy atom. The van der Waals surface area contributed by atoms with Crippen molar-refractivity contribution in [2.75, 3.05) is 12.0 Å². The molecule has 1 aromatic rings. The topological polar surface area (TPSA) is 30.2 Å². The highest BCUT2D eigenvalue weighted by Crippen LogP contribution is 2.11. The molecule has 0 bridgehead atoms. The van der Waals surface area contributed by atoms with Crippen molar-refractivity contribution in [2.45, 2.75) is 6.92 Å². The summed E-state index contributed by atoms with van der Waals surface area (Å²) in [7, 11) is 0. The lowest BCUT2D eigenvalue weighted by Gasteiger charge is -1.99. The van der Waals surface area contributed by atoms with E-state index in [1.54, 1.807) is 18.0 Å². The molecule has 0 atom stereocenters. The number of rotatable bonds is 4. The number of thioether (sulfide) groups is 1. The van der Waals surface area contributed by atoms with Gasteiger partial charge in [0, 0.05) is 24.3 Å². The third-order valence-corrected chi connectivity index (χ3v) is 2.27. The first-order valence-electron chi connectivity index (χ1n) is 3.93. The molecule has 0 saturated carbocycles. The molecule has 1 heterocycles. The van der Waals surface area contributed by atoms with Crippen LogP contribution in [-0.2, 0) is 0 Å². The van der Waals surface area contributed by atoms with Crippen molar-refractivity contribution in [3.63, 3.8) is 0 Å². The molecular formula is C9H13N3S. The van der Waals surface area contributed by atoms with Crippen LogP contribution in [0.3, 0.4) is 0 Å². The minimum absolute atomic E-state index is 0.639. The Morgan fingerprint density at radius 3 is 3.23 bits per heavy atom. The van der Waals surface area contributed by atoms with Crippen LogP contribution in [0, 0.1) is 0 Å². The molecule has 0 fully saturated rings. The molecule has 13 heavy (non-hydrogen) atoms. The zero-order valence-electron chi connectivity index (χ0n) is 7.90. The lowest BCUT2D eigenvalue weighted by Crippen LogP contribution is -1.87. The Labute approximate surface area is 82.6 Å². The number of aliphatic imine (C=N–C) groups is 1. The molecule has 0 unspecified atom stereocenters. The van der Waals surface area contributed by atoms with Crippen molar-refractivity contribution in [1.82, 2.24) is 9.55 Å². The molecule has 0 aliphatic carbocycles. The van der Waals surface area contributed by atoms with Gasteiger partial charge in [0.1, 0.15) is 0 Å². The maximum absolute atomic E-state index is 4.03. The van der Waals surface area contributed by atoms with Crippen molar-refractivity contribution in [1.29, 1.82) is 0 Å². The van der Waals surface area contributed by atoms with Crippen LogP contribution >= 0.6 is 11.8 Å². The Kier molecular flexibility index (Phi) is 3.76. The monoisotopic (exact) mass is 195 g/mol. The van der Waals surface area contributed by atoms with Gasteiger partial charge >= 0.3 is 0 Å². The van der Waals surface area contributed by atoms with Gasteiger partial charge < -0.3 is 0 Å². The van der Waals surface area contributed by atoms with E-state index < -0.39 is 0 Å². The number of nitrogens with zero attached hydrogens (tertiary/aromatic N) is 3. The average molecular weight is 195 g/mol. The Morgan fingerprint density at radius 1 is 1.85 bits per heavy atom. The molecular weight excluding hydrogens is 182 g/mol. The quantitative estimate of drug-likeness (QED) is 0.691. The van der Waals surface area contributed by atoms with Gasteiger partial charge in [-0.2, -0.15) is 11.8 Å². The maximum Gasteiger partial charge on any atom is 0.233 e. The normalized spacial score (nSPS) is 11.7. The predicted molar refractivity (Wildman–Crippen MR) is 59.8 cm³/mol. The number of hydrogen-bond acceptors (Lipinski definition) is 3. The summed E-state index contributed by atoms with van der Waals surface area (Å²) in [5, 5.41) is 0. The summed E-state index contributed by atoms with van der Waals surface area (Å²) >= 11 is 1.80. The van der Waals surface area contributed by atoms with Gasteiger partial charge in [0.25, 0.3) is 0 Å². The van der Waals surface area contributed by atoms with Crippen molar-refractivity contribution >= 4 is 30.6 Å². The molecule has 4 heteroatoms. The second-order valence-electron chi connectivity index (χ2n) is 2.70. The Balaban J connectivity index is 2.83. The molecule has 1 aromatic heterocycles. The standard InChI is InChI=1S/C9H13N3S/c1-8(7-13-3)6-12-5-4-11-9(12)10-2/h4-6H,2,7H2,1,3H3/b8-6+. The summed E-state index contributed by atoms with van der Waals surface area (Å²) in [4.78, 5) is 7.82. The van der Waals surface area contributed by atoms with E-state index in [1.165, 1.54) is 5.57 Å². The third-order valence-electron chi connectivity index (χ3n) is 1.52. The van der Waals surface area contributed by atoms with Crippen molar-refractivity contribution in [2.24, 2.45) is 4.99 Å². The first kappa shape index (κ1) is 10.1. The van der Waals surface area contributed by atoms with Crippen molar-refractivity contribution < 1.29 is 0 Å². The van der Waals surface area contributed by atoms with Crippen LogP contribution in [0.15, 0.2) is 23.0 Å². The highest BCUT2D eigenvalue weighted by molar-refractivity contribution is 7.98. The zero-order valence-corrected chi connectivity index (χ0v) is 8.71. The first-order chi connectivity index (χ1) is 6.27. The molecule has 0 aliphatic rings. The molecule has 0 radical (unpaired) electrons. The van der Waals surface area contributed by atoms with Crippen molar-refractivity contribution in [3.05, 3.63) is 18.0 Å². The molecule has 0 amide bonds. The molecule has 3 nitrogen and oxygen atoms in total. The minimum Gasteiger partial charge on any atom is -0.291 e. The van der Waals surface area contributed by atoms with E-state index in [0.717, 1.165) is 5.75 Å². The summed E-state index contributed by atoms with van der Waals surface area (Å²) in [5.74, 6) is 1.66. The van der Waals surface area contributed by atoms with Crippen LogP contribution in [0.2, 0.25) is 0 Å². The van der Waals surface area contributed by atoms with Crippen LogP contribution in [0.5, 0.6) is 0 Å². The van der Waals surface area contributed by atoms with E-state index in [9.17, 15) is 0 Å². The van der Waals surface area contributed by atoms with Crippen LogP contribution in [0.4, 0.5) is 5.95 Å². The highest BCUT2D eigenvalue weighted by atomic mass is 32.2. The molecule has 0 aliphatic heterocycles. The maximum atomic E-state index is 4.03. The molecule has 0 saturated heterocycles. The fourth-order valence-corrected chi connectivity index (χ4v) is 1.56. The van der Waals surface area contributed by atoms with E-state index in [2.05, 4.69) is 29.9 Å². The second-order valence-corrected chi connectivity index (χ2v) is 3.57. The van der Waals surface area contributed by atoms with Crippen LogP contribution in [-0.4, -0.2) is 28.3 Å². The van der Waals surface area contributed by atoms with E-state index in [1.807, 2.05) is 17.0 Å². The van der Waals surface area contributed by atoms with Gasteiger partial charge in [0.05, 0.1) is 0 Å². The van der Waals surface area contributed by atoms with E-state index in [4.69, 9.17) is 0 Å². The summed E-state index contributed by atoms with van der Waals surface area (Å²) in [6, 6.07) is 0.